The van der Waals surface area contributed by atoms with Crippen LogP contribution < -0.4 is 0 Å². The summed E-state index contributed by atoms with van der Waals surface area (Å²) in [5.41, 5.74) is 0.449. The number of halogens is 3. The fourth-order valence-corrected chi connectivity index (χ4v) is 2.01. The van der Waals surface area contributed by atoms with Gasteiger partial charge in [0.1, 0.15) is 0 Å². The van der Waals surface area contributed by atoms with Crippen LogP contribution in [0.1, 0.15) is 5.56 Å². The van der Waals surface area contributed by atoms with E-state index < -0.39 is 11.1 Å². The van der Waals surface area contributed by atoms with E-state index in [1.165, 1.54) is 12.1 Å². The van der Waals surface area contributed by atoms with Crippen LogP contribution in [-0.2, 0) is 16.8 Å². The van der Waals surface area contributed by atoms with E-state index in [9.17, 15) is 8.76 Å². The molecule has 6 heteroatoms. The highest BCUT2D eigenvalue weighted by Gasteiger charge is 2.05. The van der Waals surface area contributed by atoms with Crippen LogP contribution in [0.3, 0.4) is 0 Å². The maximum Gasteiger partial charge on any atom is 0.0607 e. The quantitative estimate of drug-likeness (QED) is 0.604. The van der Waals surface area contributed by atoms with Crippen molar-refractivity contribution in [1.29, 1.82) is 0 Å². The molecule has 0 heterocycles. The topological polar surface area (TPSA) is 40.1 Å². The Morgan fingerprint density at radius 3 is 2.23 bits per heavy atom. The smallest absolute Gasteiger partial charge is 0.0607 e. The van der Waals surface area contributed by atoms with Crippen molar-refractivity contribution in [3.8, 4) is 0 Å². The molecule has 1 aromatic rings. The minimum atomic E-state index is -2.18. The van der Waals surface area contributed by atoms with Crippen LogP contribution in [0.25, 0.3) is 0 Å². The molecule has 0 saturated carbocycles. The second-order valence-electron chi connectivity index (χ2n) is 2.31. The van der Waals surface area contributed by atoms with Crippen molar-refractivity contribution in [2.45, 2.75) is 5.75 Å². The Labute approximate surface area is 93.1 Å². The molecule has 0 amide bonds. The molecule has 1 atom stereocenters. The first kappa shape index (κ1) is 11.3. The van der Waals surface area contributed by atoms with Gasteiger partial charge in [0.05, 0.1) is 10.0 Å². The maximum atomic E-state index is 10.4. The summed E-state index contributed by atoms with van der Waals surface area (Å²) < 4.78 is 20.8. The Kier molecular flexibility index (Phi) is 4.01. The fraction of sp³-hybridized carbons (Fsp3) is 0.143. The van der Waals surface area contributed by atoms with Gasteiger partial charge in [0.2, 0.25) is 0 Å². The summed E-state index contributed by atoms with van der Waals surface area (Å²) in [5.74, 6) is -0.157. The summed E-state index contributed by atoms with van der Waals surface area (Å²) in [5, 5.41) is 0.914. The van der Waals surface area contributed by atoms with Gasteiger partial charge >= 0.3 is 0 Å². The first-order chi connectivity index (χ1) is 6.00. The van der Waals surface area contributed by atoms with Crippen molar-refractivity contribution >= 4 is 45.9 Å². The molecule has 1 unspecified atom stereocenters. The highest BCUT2D eigenvalue weighted by atomic mass is 35.5. The Bertz CT molecular complexity index is 354. The second kappa shape index (κ2) is 4.62. The molecular weight excluding hydrogens is 255 g/mol. The van der Waals surface area contributed by atoms with E-state index in [2.05, 4.69) is 0 Å². The van der Waals surface area contributed by atoms with Gasteiger partial charge in [-0.05, 0) is 17.7 Å². The molecular formula is C7H4Cl3O2S-. The van der Waals surface area contributed by atoms with Crippen molar-refractivity contribution in [3.05, 3.63) is 32.8 Å². The number of hydrogen-bond acceptors (Lipinski definition) is 2. The zero-order chi connectivity index (χ0) is 10.0. The lowest BCUT2D eigenvalue weighted by molar-refractivity contribution is 0.536. The average Bonchev–Trinajstić information content (AvgIpc) is 1.99. The molecule has 0 spiro atoms. The first-order valence-corrected chi connectivity index (χ1v) is 5.58. The van der Waals surface area contributed by atoms with Gasteiger partial charge in [-0.3, -0.25) is 4.21 Å². The zero-order valence-corrected chi connectivity index (χ0v) is 9.30. The van der Waals surface area contributed by atoms with Crippen LogP contribution in [0.4, 0.5) is 0 Å². The van der Waals surface area contributed by atoms with Crippen LogP contribution in [0, 0.1) is 0 Å². The summed E-state index contributed by atoms with van der Waals surface area (Å²) in [6.07, 6.45) is 0. The van der Waals surface area contributed by atoms with Gasteiger partial charge in [-0.2, -0.15) is 0 Å². The average molecular weight is 259 g/mol. The van der Waals surface area contributed by atoms with E-state index in [1.807, 2.05) is 0 Å². The Balaban J connectivity index is 3.08. The van der Waals surface area contributed by atoms with E-state index in [4.69, 9.17) is 34.8 Å². The minimum Gasteiger partial charge on any atom is -0.772 e. The molecule has 0 saturated heterocycles. The lowest BCUT2D eigenvalue weighted by atomic mass is 10.2. The Morgan fingerprint density at radius 2 is 1.69 bits per heavy atom. The number of benzene rings is 1. The summed E-state index contributed by atoms with van der Waals surface area (Å²) in [7, 11) is 0. The fourth-order valence-electron chi connectivity index (χ4n) is 0.801. The molecule has 0 aliphatic rings. The van der Waals surface area contributed by atoms with E-state index in [0.717, 1.165) is 0 Å². The molecule has 1 aromatic carbocycles. The molecule has 0 bridgehead atoms. The van der Waals surface area contributed by atoms with Gasteiger partial charge in [0.25, 0.3) is 0 Å². The highest BCUT2D eigenvalue weighted by Crippen LogP contribution is 2.29. The summed E-state index contributed by atoms with van der Waals surface area (Å²) in [6, 6.07) is 2.87. The second-order valence-corrected chi connectivity index (χ2v) is 4.42. The van der Waals surface area contributed by atoms with Crippen LogP contribution >= 0.6 is 34.8 Å². The molecule has 0 fully saturated rings. The van der Waals surface area contributed by atoms with Gasteiger partial charge in [-0.1, -0.05) is 45.9 Å². The third-order valence-corrected chi connectivity index (χ3v) is 2.98. The largest absolute Gasteiger partial charge is 0.772 e. The standard InChI is InChI=1S/C7H5Cl3O2S/c8-5-2-7(10)6(9)1-4(5)3-13(11)12/h1-2H,3H2,(H,11,12)/p-1. The highest BCUT2D eigenvalue weighted by molar-refractivity contribution is 7.78. The predicted octanol–water partition coefficient (Wildman–Crippen LogP) is 3.03. The first-order valence-electron chi connectivity index (χ1n) is 3.20. The van der Waals surface area contributed by atoms with Crippen molar-refractivity contribution in [1.82, 2.24) is 0 Å². The molecule has 0 N–H and O–H groups in total. The van der Waals surface area contributed by atoms with Gasteiger partial charge in [0, 0.05) is 10.8 Å². The van der Waals surface area contributed by atoms with E-state index in [-0.39, 0.29) is 5.75 Å². The summed E-state index contributed by atoms with van der Waals surface area (Å²) >= 11 is 14.9. The van der Waals surface area contributed by atoms with E-state index in [1.54, 1.807) is 0 Å². The third kappa shape index (κ3) is 3.11. The lowest BCUT2D eigenvalue weighted by Gasteiger charge is -2.08. The SMILES string of the molecule is O=S([O-])Cc1cc(Cl)c(Cl)cc1Cl. The summed E-state index contributed by atoms with van der Waals surface area (Å²) in [6.45, 7) is 0. The van der Waals surface area contributed by atoms with Crippen molar-refractivity contribution < 1.29 is 8.76 Å². The number of rotatable bonds is 2. The third-order valence-electron chi connectivity index (χ3n) is 1.36. The summed E-state index contributed by atoms with van der Waals surface area (Å²) in [4.78, 5) is 0. The normalized spacial score (nSPS) is 12.9. The number of hydrogen-bond donors (Lipinski definition) is 0. The van der Waals surface area contributed by atoms with Gasteiger partial charge in [-0.15, -0.1) is 0 Å². The maximum absolute atomic E-state index is 10.4. The van der Waals surface area contributed by atoms with E-state index in [0.29, 0.717) is 20.6 Å². The van der Waals surface area contributed by atoms with Gasteiger partial charge in [-0.25, -0.2) is 0 Å². The predicted molar refractivity (Wildman–Crippen MR) is 54.1 cm³/mol. The van der Waals surface area contributed by atoms with Crippen LogP contribution in [-0.4, -0.2) is 8.76 Å². The van der Waals surface area contributed by atoms with Gasteiger partial charge in [0.15, 0.2) is 0 Å². The molecule has 1 rings (SSSR count). The molecule has 72 valence electrons. The van der Waals surface area contributed by atoms with Crippen molar-refractivity contribution in [2.75, 3.05) is 0 Å². The molecule has 0 aromatic heterocycles. The molecule has 0 aliphatic carbocycles. The zero-order valence-electron chi connectivity index (χ0n) is 6.22. The van der Waals surface area contributed by atoms with Crippen molar-refractivity contribution in [2.24, 2.45) is 0 Å². The van der Waals surface area contributed by atoms with E-state index >= 15 is 0 Å². The monoisotopic (exact) mass is 257 g/mol. The minimum absolute atomic E-state index is 0.157. The molecule has 0 radical (unpaired) electrons. The molecule has 2 nitrogen and oxygen atoms in total. The van der Waals surface area contributed by atoms with Crippen LogP contribution in [0.2, 0.25) is 15.1 Å². The molecule has 13 heavy (non-hydrogen) atoms. The van der Waals surface area contributed by atoms with Crippen LogP contribution in [0.5, 0.6) is 0 Å². The molecule has 0 aliphatic heterocycles. The Hall–Kier alpha value is 0.200. The van der Waals surface area contributed by atoms with Gasteiger partial charge < -0.3 is 4.55 Å². The Morgan fingerprint density at radius 1 is 1.15 bits per heavy atom. The lowest BCUT2D eigenvalue weighted by Crippen LogP contribution is -1.94. The van der Waals surface area contributed by atoms with Crippen molar-refractivity contribution in [3.63, 3.8) is 0 Å². The van der Waals surface area contributed by atoms with Crippen LogP contribution in [0.15, 0.2) is 12.1 Å².